The Kier molecular flexibility index (Phi) is 5.90. The lowest BCUT2D eigenvalue weighted by Crippen LogP contribution is -2.40. The number of rotatable bonds is 6. The summed E-state index contributed by atoms with van der Waals surface area (Å²) in [6.07, 6.45) is 5.07. The molecule has 0 saturated carbocycles. The molecular weight excluding hydrogens is 358 g/mol. The van der Waals surface area contributed by atoms with Crippen LogP contribution in [0.4, 0.5) is 5.69 Å². The first-order chi connectivity index (χ1) is 12.6. The third-order valence-corrected chi connectivity index (χ3v) is 4.88. The topological polar surface area (TPSA) is 88.6 Å². The van der Waals surface area contributed by atoms with Crippen LogP contribution in [-0.2, 0) is 0 Å². The summed E-state index contributed by atoms with van der Waals surface area (Å²) >= 11 is 5.80. The van der Waals surface area contributed by atoms with Gasteiger partial charge in [-0.05, 0) is 50.2 Å². The van der Waals surface area contributed by atoms with Crippen molar-refractivity contribution in [3.05, 3.63) is 63.1 Å². The summed E-state index contributed by atoms with van der Waals surface area (Å²) in [6.45, 7) is 2.27. The van der Waals surface area contributed by atoms with Gasteiger partial charge in [0.1, 0.15) is 10.8 Å². The van der Waals surface area contributed by atoms with E-state index in [-0.39, 0.29) is 28.2 Å². The number of likely N-dealkylation sites (tertiary alicyclic amines) is 1. The number of piperidine rings is 1. The third kappa shape index (κ3) is 4.23. The zero-order valence-corrected chi connectivity index (χ0v) is 14.9. The smallest absolute Gasteiger partial charge is 0.288 e. The minimum absolute atomic E-state index is 0.00771. The molecule has 2 aromatic rings. The summed E-state index contributed by atoms with van der Waals surface area (Å²) in [4.78, 5) is 25.2. The van der Waals surface area contributed by atoms with Gasteiger partial charge in [-0.15, -0.1) is 0 Å². The van der Waals surface area contributed by atoms with Gasteiger partial charge in [-0.3, -0.25) is 19.8 Å². The fraction of sp³-hybridized carbons (Fsp3) is 0.389. The number of hydrogen-bond donors (Lipinski definition) is 1. The van der Waals surface area contributed by atoms with Crippen molar-refractivity contribution < 1.29 is 14.1 Å². The Morgan fingerprint density at radius 2 is 2.08 bits per heavy atom. The van der Waals surface area contributed by atoms with Gasteiger partial charge >= 0.3 is 0 Å². The second-order valence-corrected chi connectivity index (χ2v) is 6.67. The van der Waals surface area contributed by atoms with E-state index < -0.39 is 4.92 Å². The number of nitrogens with zero attached hydrogens (tertiary/aromatic N) is 2. The number of furan rings is 1. The van der Waals surface area contributed by atoms with E-state index in [1.807, 2.05) is 12.1 Å². The van der Waals surface area contributed by atoms with Crippen LogP contribution in [0.25, 0.3) is 0 Å². The standard InChI is InChI=1S/C18H20ClN3O4/c19-14-7-6-13(11-15(14)22(24)25)18(23)20-12-16(17-5-4-10-26-17)21-8-2-1-3-9-21/h4-7,10-11,16H,1-3,8-9,12H2,(H,20,23)/t16-/m1/s1. The Hall–Kier alpha value is -2.38. The van der Waals surface area contributed by atoms with Crippen molar-refractivity contribution in [1.29, 1.82) is 0 Å². The summed E-state index contributed by atoms with van der Waals surface area (Å²) in [7, 11) is 0. The van der Waals surface area contributed by atoms with E-state index in [0.717, 1.165) is 31.7 Å². The van der Waals surface area contributed by atoms with Crippen LogP contribution in [-0.4, -0.2) is 35.4 Å². The molecule has 8 heteroatoms. The molecule has 0 bridgehead atoms. The van der Waals surface area contributed by atoms with Gasteiger partial charge in [-0.1, -0.05) is 18.0 Å². The number of nitrogens with one attached hydrogen (secondary N) is 1. The highest BCUT2D eigenvalue weighted by Gasteiger charge is 2.25. The molecule has 1 saturated heterocycles. The average Bonchev–Trinajstić information content (AvgIpc) is 3.17. The second kappa shape index (κ2) is 8.33. The van der Waals surface area contributed by atoms with Crippen molar-refractivity contribution in [2.24, 2.45) is 0 Å². The van der Waals surface area contributed by atoms with Gasteiger partial charge in [-0.25, -0.2) is 0 Å². The third-order valence-electron chi connectivity index (χ3n) is 4.56. The predicted molar refractivity (Wildman–Crippen MR) is 97.3 cm³/mol. The van der Waals surface area contributed by atoms with Crippen LogP contribution in [0.2, 0.25) is 5.02 Å². The normalized spacial score (nSPS) is 16.2. The molecule has 1 fully saturated rings. The molecule has 26 heavy (non-hydrogen) atoms. The molecule has 1 aromatic heterocycles. The van der Waals surface area contributed by atoms with Crippen LogP contribution in [0.5, 0.6) is 0 Å². The number of amides is 1. The minimum Gasteiger partial charge on any atom is -0.468 e. The summed E-state index contributed by atoms with van der Waals surface area (Å²) in [5, 5.41) is 13.9. The highest BCUT2D eigenvalue weighted by atomic mass is 35.5. The average molecular weight is 378 g/mol. The summed E-state index contributed by atoms with van der Waals surface area (Å²) < 4.78 is 5.55. The summed E-state index contributed by atoms with van der Waals surface area (Å²) in [6, 6.07) is 7.71. The molecular formula is C18H20ClN3O4. The van der Waals surface area contributed by atoms with Gasteiger partial charge in [0.15, 0.2) is 0 Å². The Morgan fingerprint density at radius 3 is 2.73 bits per heavy atom. The monoisotopic (exact) mass is 377 g/mol. The molecule has 0 radical (unpaired) electrons. The first-order valence-corrected chi connectivity index (χ1v) is 8.93. The van der Waals surface area contributed by atoms with Gasteiger partial charge in [-0.2, -0.15) is 0 Å². The number of hydrogen-bond acceptors (Lipinski definition) is 5. The van der Waals surface area contributed by atoms with Crippen molar-refractivity contribution in [3.63, 3.8) is 0 Å². The van der Waals surface area contributed by atoms with Crippen molar-refractivity contribution in [2.45, 2.75) is 25.3 Å². The molecule has 0 spiro atoms. The molecule has 7 nitrogen and oxygen atoms in total. The van der Waals surface area contributed by atoms with Crippen molar-refractivity contribution >= 4 is 23.2 Å². The quantitative estimate of drug-likeness (QED) is 0.611. The van der Waals surface area contributed by atoms with E-state index in [4.69, 9.17) is 16.0 Å². The Labute approximate surface area is 156 Å². The predicted octanol–water partition coefficient (Wildman–Crippen LogP) is 3.80. The van der Waals surface area contributed by atoms with Gasteiger partial charge in [0, 0.05) is 18.2 Å². The molecule has 1 atom stereocenters. The van der Waals surface area contributed by atoms with E-state index in [1.54, 1.807) is 6.26 Å². The van der Waals surface area contributed by atoms with Crippen LogP contribution in [0.15, 0.2) is 41.0 Å². The second-order valence-electron chi connectivity index (χ2n) is 6.26. The maximum atomic E-state index is 12.5. The van der Waals surface area contributed by atoms with E-state index in [9.17, 15) is 14.9 Å². The maximum Gasteiger partial charge on any atom is 0.288 e. The molecule has 2 heterocycles. The van der Waals surface area contributed by atoms with Gasteiger partial charge in [0.2, 0.25) is 0 Å². The van der Waals surface area contributed by atoms with Crippen LogP contribution < -0.4 is 5.32 Å². The lowest BCUT2D eigenvalue weighted by atomic mass is 10.1. The summed E-state index contributed by atoms with van der Waals surface area (Å²) in [5.74, 6) is 0.424. The number of halogens is 1. The molecule has 1 amide bonds. The maximum absolute atomic E-state index is 12.5. The Bertz CT molecular complexity index is 773. The van der Waals surface area contributed by atoms with Crippen molar-refractivity contribution in [3.8, 4) is 0 Å². The van der Waals surface area contributed by atoms with Crippen LogP contribution in [0.1, 0.15) is 41.4 Å². The number of benzene rings is 1. The number of carbonyl (C=O) groups excluding carboxylic acids is 1. The first kappa shape index (κ1) is 18.4. The van der Waals surface area contributed by atoms with E-state index in [0.29, 0.717) is 6.54 Å². The Morgan fingerprint density at radius 1 is 1.31 bits per heavy atom. The van der Waals surface area contributed by atoms with Crippen molar-refractivity contribution in [1.82, 2.24) is 10.2 Å². The fourth-order valence-electron chi connectivity index (χ4n) is 3.21. The number of carbonyl (C=O) groups is 1. The van der Waals surface area contributed by atoms with Crippen molar-refractivity contribution in [2.75, 3.05) is 19.6 Å². The SMILES string of the molecule is O=C(NC[C@H](c1ccco1)N1CCCCC1)c1ccc(Cl)c([N+](=O)[O-])c1. The molecule has 138 valence electrons. The van der Waals surface area contributed by atoms with Gasteiger partial charge in [0.05, 0.1) is 17.2 Å². The van der Waals surface area contributed by atoms with Crippen LogP contribution >= 0.6 is 11.6 Å². The molecule has 1 aromatic carbocycles. The number of nitro benzene ring substituents is 1. The largest absolute Gasteiger partial charge is 0.468 e. The van der Waals surface area contributed by atoms with E-state index in [2.05, 4.69) is 10.2 Å². The first-order valence-electron chi connectivity index (χ1n) is 8.56. The highest BCUT2D eigenvalue weighted by molar-refractivity contribution is 6.32. The molecule has 1 aliphatic rings. The molecule has 1 N–H and O–H groups in total. The molecule has 0 aliphatic carbocycles. The minimum atomic E-state index is -0.599. The number of nitro groups is 1. The van der Waals surface area contributed by atoms with Crippen LogP contribution in [0, 0.1) is 10.1 Å². The van der Waals surface area contributed by atoms with Gasteiger partial charge in [0.25, 0.3) is 11.6 Å². The van der Waals surface area contributed by atoms with E-state index in [1.165, 1.54) is 24.6 Å². The lowest BCUT2D eigenvalue weighted by Gasteiger charge is -2.33. The van der Waals surface area contributed by atoms with Crippen LogP contribution in [0.3, 0.4) is 0 Å². The molecule has 3 rings (SSSR count). The lowest BCUT2D eigenvalue weighted by molar-refractivity contribution is -0.384. The highest BCUT2D eigenvalue weighted by Crippen LogP contribution is 2.26. The van der Waals surface area contributed by atoms with Gasteiger partial charge < -0.3 is 9.73 Å². The van der Waals surface area contributed by atoms with E-state index >= 15 is 0 Å². The Balaban J connectivity index is 1.71. The molecule has 0 unspecified atom stereocenters. The fourth-order valence-corrected chi connectivity index (χ4v) is 3.39. The zero-order chi connectivity index (χ0) is 18.5. The summed E-state index contributed by atoms with van der Waals surface area (Å²) in [5.41, 5.74) is -0.0733. The molecule has 1 aliphatic heterocycles. The zero-order valence-electron chi connectivity index (χ0n) is 14.2.